The van der Waals surface area contributed by atoms with E-state index in [0.717, 1.165) is 9.81 Å². The van der Waals surface area contributed by atoms with Gasteiger partial charge in [-0.2, -0.15) is 0 Å². The van der Waals surface area contributed by atoms with Crippen LogP contribution in [0.4, 0.5) is 0 Å². The molecule has 1 heterocycles. The second-order valence-corrected chi connectivity index (χ2v) is 6.20. The Hall–Kier alpha value is 0.580. The summed E-state index contributed by atoms with van der Waals surface area (Å²) in [5.74, 6) is 0. The van der Waals surface area contributed by atoms with Gasteiger partial charge in [0, 0.05) is 0 Å². The van der Waals surface area contributed by atoms with Crippen LogP contribution in [0.5, 0.6) is 0 Å². The van der Waals surface area contributed by atoms with Crippen molar-refractivity contribution >= 4 is 31.9 Å². The Morgan fingerprint density at radius 3 is 2.43 bits per heavy atom. The Labute approximate surface area is 100 Å². The van der Waals surface area contributed by atoms with Crippen LogP contribution in [0.15, 0.2) is 9.47 Å². The summed E-state index contributed by atoms with van der Waals surface area (Å²) >= 11 is 6.50. The van der Waals surface area contributed by atoms with Crippen molar-refractivity contribution in [3.63, 3.8) is 0 Å². The second kappa shape index (κ2) is 5.61. The van der Waals surface area contributed by atoms with Gasteiger partial charge in [0.05, 0.1) is 15.6 Å². The fraction of sp³-hybridized carbons (Fsp3) is 0.778. The first-order valence-corrected chi connectivity index (χ1v) is 6.13. The van der Waals surface area contributed by atoms with Crippen LogP contribution in [0.25, 0.3) is 0 Å². The normalized spacial score (nSPS) is 37.2. The fourth-order valence-electron chi connectivity index (χ4n) is 1.53. The minimum Gasteiger partial charge on any atom is -0.388 e. The molecule has 0 bridgehead atoms. The van der Waals surface area contributed by atoms with Crippen LogP contribution in [0.2, 0.25) is 0 Å². The summed E-state index contributed by atoms with van der Waals surface area (Å²) in [5, 5.41) is 19.0. The highest BCUT2D eigenvalue weighted by molar-refractivity contribution is 9.28. The lowest BCUT2D eigenvalue weighted by Gasteiger charge is -2.12. The second-order valence-electron chi connectivity index (χ2n) is 3.43. The molecule has 3 nitrogen and oxygen atoms in total. The van der Waals surface area contributed by atoms with E-state index in [1.807, 2.05) is 6.08 Å². The van der Waals surface area contributed by atoms with Crippen LogP contribution in [0, 0.1) is 0 Å². The number of halogens is 2. The van der Waals surface area contributed by atoms with E-state index in [0.29, 0.717) is 6.42 Å². The minimum absolute atomic E-state index is 0.254. The Kier molecular flexibility index (Phi) is 5.06. The quantitative estimate of drug-likeness (QED) is 0.831. The number of ether oxygens (including phenoxy) is 1. The molecule has 0 aromatic heterocycles. The molecule has 4 atom stereocenters. The summed E-state index contributed by atoms with van der Waals surface area (Å²) in [6.45, 7) is 1.77. The van der Waals surface area contributed by atoms with Crippen molar-refractivity contribution in [2.75, 3.05) is 0 Å². The zero-order valence-corrected chi connectivity index (χ0v) is 11.0. The first kappa shape index (κ1) is 12.6. The monoisotopic (exact) mass is 328 g/mol. The van der Waals surface area contributed by atoms with Gasteiger partial charge in [0.15, 0.2) is 0 Å². The fourth-order valence-corrected chi connectivity index (χ4v) is 1.99. The maximum Gasteiger partial charge on any atom is 0.109 e. The minimum atomic E-state index is -0.757. The molecular formula is C9H14Br2O3. The van der Waals surface area contributed by atoms with Crippen molar-refractivity contribution in [3.8, 4) is 0 Å². The molecule has 0 radical (unpaired) electrons. The molecule has 0 aromatic rings. The van der Waals surface area contributed by atoms with Gasteiger partial charge in [-0.1, -0.05) is 6.08 Å². The van der Waals surface area contributed by atoms with E-state index in [9.17, 15) is 10.2 Å². The molecule has 0 spiro atoms. The molecule has 0 aromatic carbocycles. The van der Waals surface area contributed by atoms with Gasteiger partial charge >= 0.3 is 0 Å². The Morgan fingerprint density at radius 2 is 2.00 bits per heavy atom. The number of aliphatic hydroxyl groups is 2. The van der Waals surface area contributed by atoms with Gasteiger partial charge in [-0.05, 0) is 51.6 Å². The highest BCUT2D eigenvalue weighted by Crippen LogP contribution is 2.25. The molecule has 1 rings (SSSR count). The lowest BCUT2D eigenvalue weighted by atomic mass is 10.1. The zero-order valence-electron chi connectivity index (χ0n) is 7.86. The summed E-state index contributed by atoms with van der Waals surface area (Å²) in [7, 11) is 0. The molecule has 14 heavy (non-hydrogen) atoms. The number of hydrogen-bond donors (Lipinski definition) is 2. The van der Waals surface area contributed by atoms with Crippen molar-refractivity contribution in [2.45, 2.75) is 44.2 Å². The topological polar surface area (TPSA) is 49.7 Å². The lowest BCUT2D eigenvalue weighted by Crippen LogP contribution is -2.31. The predicted octanol–water partition coefficient (Wildman–Crippen LogP) is 1.91. The van der Waals surface area contributed by atoms with Crippen molar-refractivity contribution in [3.05, 3.63) is 9.47 Å². The number of rotatable bonds is 3. The average molecular weight is 330 g/mol. The summed E-state index contributed by atoms with van der Waals surface area (Å²) in [4.78, 5) is 0. The predicted molar refractivity (Wildman–Crippen MR) is 61.5 cm³/mol. The maximum absolute atomic E-state index is 9.57. The van der Waals surface area contributed by atoms with Gasteiger partial charge in [-0.15, -0.1) is 0 Å². The third-order valence-corrected chi connectivity index (χ3v) is 3.00. The van der Waals surface area contributed by atoms with E-state index in [4.69, 9.17) is 4.74 Å². The van der Waals surface area contributed by atoms with Gasteiger partial charge in [-0.25, -0.2) is 0 Å². The summed E-state index contributed by atoms with van der Waals surface area (Å²) < 4.78 is 6.30. The molecular weight excluding hydrogens is 316 g/mol. The summed E-state index contributed by atoms with van der Waals surface area (Å²) in [5.41, 5.74) is 0. The van der Waals surface area contributed by atoms with Crippen LogP contribution in [-0.4, -0.2) is 34.6 Å². The van der Waals surface area contributed by atoms with Crippen molar-refractivity contribution in [1.82, 2.24) is 0 Å². The summed E-state index contributed by atoms with van der Waals surface area (Å²) in [6.07, 6.45) is 1.42. The molecule has 2 N–H and O–H groups in total. The highest BCUT2D eigenvalue weighted by atomic mass is 79.9. The first-order chi connectivity index (χ1) is 6.52. The highest BCUT2D eigenvalue weighted by Gasteiger charge is 2.39. The molecule has 0 unspecified atom stereocenters. The average Bonchev–Trinajstić information content (AvgIpc) is 2.33. The van der Waals surface area contributed by atoms with Gasteiger partial charge in [-0.3, -0.25) is 0 Å². The first-order valence-electron chi connectivity index (χ1n) is 4.55. The Balaban J connectivity index is 2.36. The third kappa shape index (κ3) is 3.31. The maximum atomic E-state index is 9.57. The van der Waals surface area contributed by atoms with E-state index in [1.54, 1.807) is 6.92 Å². The van der Waals surface area contributed by atoms with Crippen LogP contribution in [0.3, 0.4) is 0 Å². The molecule has 0 saturated carbocycles. The van der Waals surface area contributed by atoms with E-state index < -0.39 is 12.2 Å². The Morgan fingerprint density at radius 1 is 1.36 bits per heavy atom. The molecule has 0 aliphatic carbocycles. The Bertz CT molecular complexity index is 216. The largest absolute Gasteiger partial charge is 0.388 e. The molecule has 5 heteroatoms. The van der Waals surface area contributed by atoms with Gasteiger partial charge < -0.3 is 14.9 Å². The molecule has 1 aliphatic rings. The van der Waals surface area contributed by atoms with Crippen molar-refractivity contribution in [1.29, 1.82) is 0 Å². The van der Waals surface area contributed by atoms with Crippen molar-refractivity contribution in [2.24, 2.45) is 0 Å². The number of allylic oxidation sites excluding steroid dienone is 1. The van der Waals surface area contributed by atoms with E-state index >= 15 is 0 Å². The molecule has 1 fully saturated rings. The van der Waals surface area contributed by atoms with Crippen LogP contribution in [-0.2, 0) is 4.74 Å². The number of hydrogen-bond acceptors (Lipinski definition) is 3. The van der Waals surface area contributed by atoms with Crippen molar-refractivity contribution < 1.29 is 14.9 Å². The van der Waals surface area contributed by atoms with Crippen LogP contribution < -0.4 is 0 Å². The standard InChI is InChI=1S/C9H14Br2O3/c1-5-8(12)9(13)6(14-5)3-2-4-7(10)11/h4-6,8-9,12-13H,2-3H2,1H3/t5-,6+,8+,9-/m0/s1. The van der Waals surface area contributed by atoms with E-state index in [1.165, 1.54) is 0 Å². The zero-order chi connectivity index (χ0) is 10.7. The van der Waals surface area contributed by atoms with Gasteiger partial charge in [0.25, 0.3) is 0 Å². The van der Waals surface area contributed by atoms with Crippen LogP contribution in [0.1, 0.15) is 19.8 Å². The molecule has 0 amide bonds. The van der Waals surface area contributed by atoms with Crippen LogP contribution >= 0.6 is 31.9 Å². The molecule has 1 aliphatic heterocycles. The smallest absolute Gasteiger partial charge is 0.109 e. The number of aliphatic hydroxyl groups excluding tert-OH is 2. The van der Waals surface area contributed by atoms with E-state index in [2.05, 4.69) is 31.9 Å². The lowest BCUT2D eigenvalue weighted by molar-refractivity contribution is 0.0121. The summed E-state index contributed by atoms with van der Waals surface area (Å²) in [6, 6.07) is 0. The third-order valence-electron chi connectivity index (χ3n) is 2.35. The molecule has 82 valence electrons. The molecule has 1 saturated heterocycles. The SMILES string of the molecule is C[C@@H]1O[C@H](CCC=C(Br)Br)[C@H](O)[C@@H]1O. The van der Waals surface area contributed by atoms with Gasteiger partial charge in [0.2, 0.25) is 0 Å². The van der Waals surface area contributed by atoms with E-state index in [-0.39, 0.29) is 12.2 Å². The van der Waals surface area contributed by atoms with Gasteiger partial charge in [0.1, 0.15) is 12.2 Å².